The average Bonchev–Trinajstić information content (AvgIpc) is 2.80. The molecule has 3 aromatic carbocycles. The molecule has 22 heavy (non-hydrogen) atoms. The Bertz CT molecular complexity index is 1060. The molecule has 0 aliphatic carbocycles. The second kappa shape index (κ2) is 4.25. The van der Waals surface area contributed by atoms with Gasteiger partial charge in [-0.15, -0.1) is 0 Å². The molecule has 0 saturated carbocycles. The molecule has 104 valence electrons. The van der Waals surface area contributed by atoms with Crippen molar-refractivity contribution < 1.29 is 4.74 Å². The lowest BCUT2D eigenvalue weighted by atomic mass is 10.1. The highest BCUT2D eigenvalue weighted by atomic mass is 16.5. The molecule has 0 bridgehead atoms. The molecule has 0 spiro atoms. The molecular formula is C20H13NO. The van der Waals surface area contributed by atoms with Crippen LogP contribution in [-0.4, -0.2) is 4.98 Å². The molecule has 0 unspecified atom stereocenters. The summed E-state index contributed by atoms with van der Waals surface area (Å²) in [7, 11) is 0. The van der Waals surface area contributed by atoms with Crippen LogP contribution >= 0.6 is 0 Å². The molecule has 1 N–H and O–H groups in total. The van der Waals surface area contributed by atoms with Gasteiger partial charge in [0.05, 0.1) is 5.52 Å². The lowest BCUT2D eigenvalue weighted by molar-refractivity contribution is 0.482. The number of hydrogen-bond acceptors (Lipinski definition) is 1. The van der Waals surface area contributed by atoms with E-state index in [1.54, 1.807) is 0 Å². The third-order valence-corrected chi connectivity index (χ3v) is 4.22. The standard InChI is InChI=1S/C20H13NO/c1-4-8-19-13(5-1)9-10-14-11-16-15-6-2-3-7-17(15)21-18(16)12-20(14)22-19/h1-12,21H. The van der Waals surface area contributed by atoms with E-state index >= 15 is 0 Å². The summed E-state index contributed by atoms with van der Waals surface area (Å²) in [6, 6.07) is 20.8. The number of benzene rings is 3. The summed E-state index contributed by atoms with van der Waals surface area (Å²) in [4.78, 5) is 3.47. The fraction of sp³-hybridized carbons (Fsp3) is 0. The van der Waals surface area contributed by atoms with E-state index in [9.17, 15) is 0 Å². The fourth-order valence-corrected chi connectivity index (χ4v) is 3.12. The van der Waals surface area contributed by atoms with Crippen molar-refractivity contribution in [2.45, 2.75) is 0 Å². The van der Waals surface area contributed by atoms with Gasteiger partial charge in [0.2, 0.25) is 0 Å². The van der Waals surface area contributed by atoms with Gasteiger partial charge in [-0.1, -0.05) is 48.6 Å². The number of rotatable bonds is 0. The van der Waals surface area contributed by atoms with Crippen LogP contribution in [0, 0.1) is 0 Å². The summed E-state index contributed by atoms with van der Waals surface area (Å²) in [5.74, 6) is 1.79. The van der Waals surface area contributed by atoms with E-state index in [2.05, 4.69) is 59.6 Å². The van der Waals surface area contributed by atoms with Crippen LogP contribution in [0.15, 0.2) is 60.7 Å². The van der Waals surface area contributed by atoms with Gasteiger partial charge in [0.1, 0.15) is 11.5 Å². The molecule has 4 aromatic rings. The van der Waals surface area contributed by atoms with Crippen molar-refractivity contribution in [1.29, 1.82) is 0 Å². The van der Waals surface area contributed by atoms with Crippen LogP contribution in [-0.2, 0) is 0 Å². The number of ether oxygens (including phenoxy) is 1. The van der Waals surface area contributed by atoms with E-state index in [0.29, 0.717) is 0 Å². The van der Waals surface area contributed by atoms with Crippen molar-refractivity contribution in [3.8, 4) is 11.5 Å². The van der Waals surface area contributed by atoms with Crippen molar-refractivity contribution in [3.63, 3.8) is 0 Å². The molecule has 1 aromatic heterocycles. The summed E-state index contributed by atoms with van der Waals surface area (Å²) in [6.07, 6.45) is 4.24. The van der Waals surface area contributed by atoms with E-state index in [1.807, 2.05) is 18.2 Å². The minimum absolute atomic E-state index is 0.889. The van der Waals surface area contributed by atoms with E-state index < -0.39 is 0 Å². The van der Waals surface area contributed by atoms with Crippen molar-refractivity contribution in [2.75, 3.05) is 0 Å². The summed E-state index contributed by atoms with van der Waals surface area (Å²) < 4.78 is 6.12. The third kappa shape index (κ3) is 1.61. The normalized spacial score (nSPS) is 12.7. The monoisotopic (exact) mass is 283 g/mol. The molecule has 1 aliphatic rings. The Kier molecular flexibility index (Phi) is 2.25. The molecule has 2 heteroatoms. The number of nitrogens with one attached hydrogen (secondary N) is 1. The van der Waals surface area contributed by atoms with Crippen molar-refractivity contribution in [3.05, 3.63) is 71.8 Å². The number of aromatic nitrogens is 1. The minimum Gasteiger partial charge on any atom is -0.456 e. The summed E-state index contributed by atoms with van der Waals surface area (Å²) in [5, 5.41) is 2.48. The van der Waals surface area contributed by atoms with Crippen LogP contribution in [0.1, 0.15) is 11.1 Å². The molecular weight excluding hydrogens is 270 g/mol. The topological polar surface area (TPSA) is 25.0 Å². The first-order valence-electron chi connectivity index (χ1n) is 7.38. The Morgan fingerprint density at radius 1 is 0.636 bits per heavy atom. The van der Waals surface area contributed by atoms with Crippen molar-refractivity contribution in [2.24, 2.45) is 0 Å². The maximum atomic E-state index is 6.12. The zero-order chi connectivity index (χ0) is 14.5. The Morgan fingerprint density at radius 2 is 1.45 bits per heavy atom. The molecule has 0 saturated heterocycles. The van der Waals surface area contributed by atoms with Gasteiger partial charge in [0.25, 0.3) is 0 Å². The van der Waals surface area contributed by atoms with Crippen LogP contribution in [0.2, 0.25) is 0 Å². The molecule has 0 atom stereocenters. The van der Waals surface area contributed by atoms with E-state index in [1.165, 1.54) is 10.8 Å². The van der Waals surface area contributed by atoms with Crippen LogP contribution in [0.3, 0.4) is 0 Å². The van der Waals surface area contributed by atoms with Crippen LogP contribution in [0.4, 0.5) is 0 Å². The zero-order valence-electron chi connectivity index (χ0n) is 11.8. The highest BCUT2D eigenvalue weighted by Gasteiger charge is 2.13. The minimum atomic E-state index is 0.889. The van der Waals surface area contributed by atoms with E-state index in [-0.39, 0.29) is 0 Å². The van der Waals surface area contributed by atoms with Gasteiger partial charge in [-0.2, -0.15) is 0 Å². The number of fused-ring (bicyclic) bond motifs is 5. The number of hydrogen-bond donors (Lipinski definition) is 1. The Morgan fingerprint density at radius 3 is 2.45 bits per heavy atom. The lowest BCUT2D eigenvalue weighted by Gasteiger charge is -2.08. The summed E-state index contributed by atoms with van der Waals surface area (Å²) >= 11 is 0. The SMILES string of the molecule is C1=Cc2cc3c(cc2Oc2ccccc21)[nH]c1ccccc13. The van der Waals surface area contributed by atoms with Gasteiger partial charge in [-0.05, 0) is 18.2 Å². The number of para-hydroxylation sites is 2. The highest BCUT2D eigenvalue weighted by molar-refractivity contribution is 6.08. The van der Waals surface area contributed by atoms with Crippen molar-refractivity contribution >= 4 is 34.0 Å². The predicted octanol–water partition coefficient (Wildman–Crippen LogP) is 5.60. The van der Waals surface area contributed by atoms with E-state index in [4.69, 9.17) is 4.74 Å². The highest BCUT2D eigenvalue weighted by Crippen LogP contribution is 2.38. The van der Waals surface area contributed by atoms with Gasteiger partial charge >= 0.3 is 0 Å². The Balaban J connectivity index is 1.80. The van der Waals surface area contributed by atoms with Gasteiger partial charge in [0, 0.05) is 33.5 Å². The first-order valence-corrected chi connectivity index (χ1v) is 7.38. The molecule has 0 amide bonds. The summed E-state index contributed by atoms with van der Waals surface area (Å²) in [6.45, 7) is 0. The van der Waals surface area contributed by atoms with Gasteiger partial charge < -0.3 is 9.72 Å². The second-order valence-electron chi connectivity index (χ2n) is 5.58. The first-order chi connectivity index (χ1) is 10.9. The summed E-state index contributed by atoms with van der Waals surface area (Å²) in [5.41, 5.74) is 4.47. The molecule has 0 fully saturated rings. The maximum absolute atomic E-state index is 6.12. The lowest BCUT2D eigenvalue weighted by Crippen LogP contribution is -1.87. The van der Waals surface area contributed by atoms with Crippen LogP contribution in [0.5, 0.6) is 11.5 Å². The predicted molar refractivity (Wildman–Crippen MR) is 91.2 cm³/mol. The third-order valence-electron chi connectivity index (χ3n) is 4.22. The average molecular weight is 283 g/mol. The molecule has 5 rings (SSSR count). The first kappa shape index (κ1) is 11.6. The van der Waals surface area contributed by atoms with E-state index in [0.717, 1.165) is 33.7 Å². The molecule has 1 aliphatic heterocycles. The van der Waals surface area contributed by atoms with Gasteiger partial charge in [-0.25, -0.2) is 0 Å². The molecule has 2 nitrogen and oxygen atoms in total. The van der Waals surface area contributed by atoms with Crippen molar-refractivity contribution in [1.82, 2.24) is 4.98 Å². The quantitative estimate of drug-likeness (QED) is 0.393. The Hall–Kier alpha value is -3.00. The van der Waals surface area contributed by atoms with Crippen LogP contribution in [0.25, 0.3) is 34.0 Å². The van der Waals surface area contributed by atoms with Gasteiger partial charge in [-0.3, -0.25) is 0 Å². The maximum Gasteiger partial charge on any atom is 0.136 e. The molecule has 0 radical (unpaired) electrons. The number of H-pyrrole nitrogens is 1. The fourth-order valence-electron chi connectivity index (χ4n) is 3.12. The number of aromatic amines is 1. The molecule has 2 heterocycles. The smallest absolute Gasteiger partial charge is 0.136 e. The largest absolute Gasteiger partial charge is 0.456 e. The van der Waals surface area contributed by atoms with Crippen LogP contribution < -0.4 is 4.74 Å². The second-order valence-corrected chi connectivity index (χ2v) is 5.58. The Labute approximate surface area is 127 Å². The van der Waals surface area contributed by atoms with Gasteiger partial charge in [0.15, 0.2) is 0 Å². The zero-order valence-corrected chi connectivity index (χ0v) is 11.8.